The molecule has 0 aliphatic carbocycles. The van der Waals surface area contributed by atoms with Gasteiger partial charge >= 0.3 is 0 Å². The Kier molecular flexibility index (Phi) is 5.67. The standard InChI is InChI=1S/C15H27N3O4S/c1-11(2)18-10-13(7-14(18)19)15(20)17-6-4-5-12(9-17)8-16-23(3,21)22/h11-13,16H,4-10H2,1-3H3/t12-,13-/m0/s1. The van der Waals surface area contributed by atoms with Crippen LogP contribution in [0, 0.1) is 11.8 Å². The van der Waals surface area contributed by atoms with Crippen LogP contribution in [0.3, 0.4) is 0 Å². The maximum Gasteiger partial charge on any atom is 0.228 e. The molecule has 0 aromatic carbocycles. The summed E-state index contributed by atoms with van der Waals surface area (Å²) in [4.78, 5) is 28.2. The monoisotopic (exact) mass is 345 g/mol. The highest BCUT2D eigenvalue weighted by atomic mass is 32.2. The van der Waals surface area contributed by atoms with Crippen molar-refractivity contribution in [2.45, 2.75) is 39.2 Å². The Hall–Kier alpha value is -1.15. The van der Waals surface area contributed by atoms with Crippen LogP contribution >= 0.6 is 0 Å². The number of sulfonamides is 1. The molecule has 0 bridgehead atoms. The van der Waals surface area contributed by atoms with Crippen LogP contribution in [0.5, 0.6) is 0 Å². The van der Waals surface area contributed by atoms with E-state index in [1.54, 1.807) is 9.80 Å². The van der Waals surface area contributed by atoms with E-state index in [1.807, 2.05) is 13.8 Å². The second-order valence-corrected chi connectivity index (χ2v) is 8.79. The fourth-order valence-corrected chi connectivity index (χ4v) is 3.89. The first-order valence-electron chi connectivity index (χ1n) is 8.20. The van der Waals surface area contributed by atoms with Crippen molar-refractivity contribution in [2.75, 3.05) is 32.4 Å². The molecule has 0 spiro atoms. The van der Waals surface area contributed by atoms with E-state index in [2.05, 4.69) is 4.72 Å². The van der Waals surface area contributed by atoms with Gasteiger partial charge in [0.1, 0.15) is 0 Å². The first-order valence-corrected chi connectivity index (χ1v) is 10.1. The molecule has 0 aromatic rings. The Balaban J connectivity index is 1.91. The fraction of sp³-hybridized carbons (Fsp3) is 0.867. The Morgan fingerprint density at radius 3 is 2.61 bits per heavy atom. The maximum absolute atomic E-state index is 12.7. The summed E-state index contributed by atoms with van der Waals surface area (Å²) in [7, 11) is -3.21. The minimum Gasteiger partial charge on any atom is -0.342 e. The molecule has 1 N–H and O–H groups in total. The fourth-order valence-electron chi connectivity index (χ4n) is 3.36. The van der Waals surface area contributed by atoms with Gasteiger partial charge in [-0.25, -0.2) is 13.1 Å². The number of carbonyl (C=O) groups is 2. The van der Waals surface area contributed by atoms with Gasteiger partial charge in [0.15, 0.2) is 0 Å². The van der Waals surface area contributed by atoms with Crippen molar-refractivity contribution in [3.63, 3.8) is 0 Å². The molecular formula is C15H27N3O4S. The van der Waals surface area contributed by atoms with Crippen LogP contribution in [-0.2, 0) is 19.6 Å². The van der Waals surface area contributed by atoms with E-state index >= 15 is 0 Å². The van der Waals surface area contributed by atoms with Crippen molar-refractivity contribution in [1.82, 2.24) is 14.5 Å². The molecule has 0 aromatic heterocycles. The van der Waals surface area contributed by atoms with Gasteiger partial charge in [0, 0.05) is 38.6 Å². The van der Waals surface area contributed by atoms with Crippen LogP contribution in [0.25, 0.3) is 0 Å². The SMILES string of the molecule is CC(C)N1C[C@@H](C(=O)N2CCC[C@@H](CNS(C)(=O)=O)C2)CC1=O. The topological polar surface area (TPSA) is 86.8 Å². The average molecular weight is 345 g/mol. The molecule has 2 aliphatic heterocycles. The van der Waals surface area contributed by atoms with Crippen LogP contribution in [0.4, 0.5) is 0 Å². The normalized spacial score (nSPS) is 26.2. The molecule has 2 atom stereocenters. The summed E-state index contributed by atoms with van der Waals surface area (Å²) in [5.74, 6) is -0.0385. The number of carbonyl (C=O) groups excluding carboxylic acids is 2. The van der Waals surface area contributed by atoms with Crippen molar-refractivity contribution in [3.8, 4) is 0 Å². The van der Waals surface area contributed by atoms with Gasteiger partial charge in [0.25, 0.3) is 0 Å². The van der Waals surface area contributed by atoms with Crippen LogP contribution < -0.4 is 4.72 Å². The molecule has 23 heavy (non-hydrogen) atoms. The zero-order chi connectivity index (χ0) is 17.2. The summed E-state index contributed by atoms with van der Waals surface area (Å²) in [6, 6.07) is 0.119. The zero-order valence-electron chi connectivity index (χ0n) is 14.1. The molecule has 2 heterocycles. The summed E-state index contributed by atoms with van der Waals surface area (Å²) in [6.07, 6.45) is 3.22. The van der Waals surface area contributed by atoms with Gasteiger partial charge in [0.05, 0.1) is 12.2 Å². The van der Waals surface area contributed by atoms with E-state index in [-0.39, 0.29) is 29.7 Å². The summed E-state index contributed by atoms with van der Waals surface area (Å²) >= 11 is 0. The summed E-state index contributed by atoms with van der Waals surface area (Å²) in [5.41, 5.74) is 0. The Labute approximate surface area is 138 Å². The van der Waals surface area contributed by atoms with E-state index in [4.69, 9.17) is 0 Å². The second-order valence-electron chi connectivity index (χ2n) is 6.95. The minimum atomic E-state index is -3.21. The Morgan fingerprint density at radius 1 is 1.35 bits per heavy atom. The van der Waals surface area contributed by atoms with Crippen LogP contribution in [0.15, 0.2) is 0 Å². The number of nitrogens with zero attached hydrogens (tertiary/aromatic N) is 2. The van der Waals surface area contributed by atoms with Gasteiger partial charge in [-0.3, -0.25) is 9.59 Å². The lowest BCUT2D eigenvalue weighted by atomic mass is 9.96. The lowest BCUT2D eigenvalue weighted by Gasteiger charge is -2.34. The third-order valence-corrected chi connectivity index (χ3v) is 5.29. The smallest absolute Gasteiger partial charge is 0.228 e. The number of hydrogen-bond donors (Lipinski definition) is 1. The Bertz CT molecular complexity index is 561. The predicted octanol–water partition coefficient (Wildman–Crippen LogP) is 0.0311. The summed E-state index contributed by atoms with van der Waals surface area (Å²) in [6.45, 7) is 6.04. The van der Waals surface area contributed by atoms with E-state index in [0.717, 1.165) is 19.1 Å². The molecule has 2 amide bonds. The minimum absolute atomic E-state index is 0.0329. The molecule has 2 saturated heterocycles. The first-order chi connectivity index (χ1) is 10.7. The van der Waals surface area contributed by atoms with Gasteiger partial charge in [-0.15, -0.1) is 0 Å². The molecule has 2 fully saturated rings. The number of rotatable bonds is 5. The number of hydrogen-bond acceptors (Lipinski definition) is 4. The number of piperidine rings is 1. The highest BCUT2D eigenvalue weighted by molar-refractivity contribution is 7.88. The largest absolute Gasteiger partial charge is 0.342 e. The van der Waals surface area contributed by atoms with Gasteiger partial charge < -0.3 is 9.80 Å². The van der Waals surface area contributed by atoms with E-state index in [9.17, 15) is 18.0 Å². The van der Waals surface area contributed by atoms with E-state index in [1.165, 1.54) is 0 Å². The number of likely N-dealkylation sites (tertiary alicyclic amines) is 2. The third kappa shape index (κ3) is 4.91. The zero-order valence-corrected chi connectivity index (χ0v) is 14.9. The third-order valence-electron chi connectivity index (χ3n) is 4.60. The predicted molar refractivity (Wildman–Crippen MR) is 87.1 cm³/mol. The van der Waals surface area contributed by atoms with Crippen LogP contribution in [0.1, 0.15) is 33.1 Å². The van der Waals surface area contributed by atoms with Gasteiger partial charge in [0.2, 0.25) is 21.8 Å². The molecule has 0 saturated carbocycles. The van der Waals surface area contributed by atoms with Crippen molar-refractivity contribution in [1.29, 1.82) is 0 Å². The van der Waals surface area contributed by atoms with Crippen molar-refractivity contribution in [2.24, 2.45) is 11.8 Å². The average Bonchev–Trinajstić information content (AvgIpc) is 2.86. The van der Waals surface area contributed by atoms with Crippen molar-refractivity contribution < 1.29 is 18.0 Å². The molecular weight excluding hydrogens is 318 g/mol. The molecule has 7 nitrogen and oxygen atoms in total. The molecule has 132 valence electrons. The van der Waals surface area contributed by atoms with Gasteiger partial charge in [-0.2, -0.15) is 0 Å². The second kappa shape index (κ2) is 7.17. The lowest BCUT2D eigenvalue weighted by Crippen LogP contribution is -2.46. The van der Waals surface area contributed by atoms with E-state index in [0.29, 0.717) is 32.6 Å². The van der Waals surface area contributed by atoms with Gasteiger partial charge in [-0.1, -0.05) is 0 Å². The maximum atomic E-state index is 12.7. The molecule has 8 heteroatoms. The van der Waals surface area contributed by atoms with Crippen molar-refractivity contribution in [3.05, 3.63) is 0 Å². The van der Waals surface area contributed by atoms with Crippen LogP contribution in [0.2, 0.25) is 0 Å². The molecule has 2 rings (SSSR count). The molecule has 0 unspecified atom stereocenters. The summed E-state index contributed by atoms with van der Waals surface area (Å²) < 4.78 is 24.9. The number of amides is 2. The van der Waals surface area contributed by atoms with Crippen LogP contribution in [-0.4, -0.2) is 68.5 Å². The summed E-state index contributed by atoms with van der Waals surface area (Å²) in [5, 5.41) is 0. The van der Waals surface area contributed by atoms with E-state index < -0.39 is 10.0 Å². The highest BCUT2D eigenvalue weighted by Gasteiger charge is 2.38. The quantitative estimate of drug-likeness (QED) is 0.762. The number of nitrogens with one attached hydrogen (secondary N) is 1. The van der Waals surface area contributed by atoms with Gasteiger partial charge in [-0.05, 0) is 32.6 Å². The Morgan fingerprint density at radius 2 is 2.04 bits per heavy atom. The lowest BCUT2D eigenvalue weighted by molar-refractivity contribution is -0.137. The molecule has 0 radical (unpaired) electrons. The highest BCUT2D eigenvalue weighted by Crippen LogP contribution is 2.25. The first kappa shape index (κ1) is 18.2. The van der Waals surface area contributed by atoms with Crippen molar-refractivity contribution >= 4 is 21.8 Å². The molecule has 2 aliphatic rings.